The molecule has 17 heteroatoms. The van der Waals surface area contributed by atoms with Gasteiger partial charge in [-0.3, -0.25) is 9.59 Å². The van der Waals surface area contributed by atoms with Gasteiger partial charge in [0.15, 0.2) is 11.7 Å². The van der Waals surface area contributed by atoms with E-state index in [4.69, 9.17) is 24.4 Å². The first-order chi connectivity index (χ1) is 31.9. The lowest BCUT2D eigenvalue weighted by Gasteiger charge is -2.48. The van der Waals surface area contributed by atoms with Crippen molar-refractivity contribution < 1.29 is 48.6 Å². The van der Waals surface area contributed by atoms with Crippen LogP contribution in [0.25, 0.3) is 27.7 Å². The van der Waals surface area contributed by atoms with Gasteiger partial charge < -0.3 is 60.4 Å². The van der Waals surface area contributed by atoms with Crippen molar-refractivity contribution in [2.75, 3.05) is 38.4 Å². The number of allylic oxidation sites excluding steroid dienone is 4. The second-order valence-electron chi connectivity index (χ2n) is 17.0. The molecule has 0 saturated carbocycles. The fourth-order valence-electron chi connectivity index (χ4n) is 9.30. The van der Waals surface area contributed by atoms with E-state index in [1.807, 2.05) is 19.4 Å². The van der Waals surface area contributed by atoms with Crippen LogP contribution in [0.4, 0.5) is 0 Å². The summed E-state index contributed by atoms with van der Waals surface area (Å²) in [5, 5.41) is 51.1. The van der Waals surface area contributed by atoms with Crippen LogP contribution in [-0.2, 0) is 14.3 Å². The highest BCUT2D eigenvalue weighted by atomic mass is 33.1. The summed E-state index contributed by atoms with van der Waals surface area (Å²) in [7, 11) is 4.95. The van der Waals surface area contributed by atoms with Crippen LogP contribution in [0.5, 0.6) is 11.5 Å². The van der Waals surface area contributed by atoms with Crippen molar-refractivity contribution >= 4 is 50.0 Å². The van der Waals surface area contributed by atoms with E-state index in [1.54, 1.807) is 10.8 Å². The van der Waals surface area contributed by atoms with Gasteiger partial charge in [-0.1, -0.05) is 83.1 Å². The molecule has 1 aliphatic carbocycles. The van der Waals surface area contributed by atoms with Crippen molar-refractivity contribution in [3.05, 3.63) is 136 Å². The lowest BCUT2D eigenvalue weighted by Crippen LogP contribution is -2.72. The summed E-state index contributed by atoms with van der Waals surface area (Å²) in [5.41, 5.74) is 7.87. The molecule has 0 unspecified atom stereocenters. The Morgan fingerprint density at radius 2 is 1.91 bits per heavy atom. The Morgan fingerprint density at radius 1 is 1.11 bits per heavy atom. The minimum atomic E-state index is -2.19. The molecular weight excluding hydrogens is 885 g/mol. The number of aromatic amines is 1. The first kappa shape index (κ1) is 47.1. The normalized spacial score (nSPS) is 27.0. The zero-order chi connectivity index (χ0) is 46.5. The average molecular weight is 939 g/mol. The predicted octanol–water partition coefficient (Wildman–Crippen LogP) is 5.97. The number of carboxylic acids is 1. The Morgan fingerprint density at radius 3 is 2.65 bits per heavy atom. The van der Waals surface area contributed by atoms with Gasteiger partial charge in [0, 0.05) is 36.7 Å². The highest BCUT2D eigenvalue weighted by molar-refractivity contribution is 8.76. The second kappa shape index (κ2) is 20.7. The quantitative estimate of drug-likeness (QED) is 0.0673. The van der Waals surface area contributed by atoms with E-state index in [0.29, 0.717) is 18.0 Å². The van der Waals surface area contributed by atoms with Crippen LogP contribution in [0.15, 0.2) is 113 Å². The number of benzene rings is 3. The number of β-amino-alcohol motifs (C(OH)–C–C–N with tert-alkyl or cyclic N) is 1. The number of aliphatic carboxylic acids is 1. The van der Waals surface area contributed by atoms with E-state index in [-0.39, 0.29) is 58.3 Å². The molecule has 0 spiro atoms. The van der Waals surface area contributed by atoms with Crippen molar-refractivity contribution in [1.82, 2.24) is 15.6 Å². The van der Waals surface area contributed by atoms with Gasteiger partial charge in [-0.25, -0.2) is 4.79 Å². The topological polar surface area (TPSA) is 239 Å². The van der Waals surface area contributed by atoms with E-state index in [1.165, 1.54) is 70.0 Å². The first-order valence-electron chi connectivity index (χ1n) is 21.8. The number of hydrogen-bond acceptors (Lipinski definition) is 14. The molecule has 2 saturated heterocycles. The summed E-state index contributed by atoms with van der Waals surface area (Å²) in [4.78, 5) is 42.2. The molecule has 1 amide bonds. The number of fused-ring (bicyclic) bond motifs is 3. The van der Waals surface area contributed by atoms with Gasteiger partial charge in [0.25, 0.3) is 5.91 Å². The van der Waals surface area contributed by atoms with Gasteiger partial charge >= 0.3 is 5.97 Å². The summed E-state index contributed by atoms with van der Waals surface area (Å²) >= 11 is 0. The third kappa shape index (κ3) is 9.85. The molecule has 8 rings (SSSR count). The monoisotopic (exact) mass is 938 g/mol. The van der Waals surface area contributed by atoms with E-state index in [9.17, 15) is 34.8 Å². The Kier molecular flexibility index (Phi) is 14.7. The van der Waals surface area contributed by atoms with Crippen LogP contribution >= 0.6 is 21.6 Å². The number of aromatic nitrogens is 1. The zero-order valence-corrected chi connectivity index (χ0v) is 38.1. The number of hydrogen-bond donors (Lipinski definition) is 8. The number of H-pyrrole nitrogens is 1. The number of carboxylic acid groups (broad SMARTS) is 1. The van der Waals surface area contributed by atoms with E-state index < -0.39 is 53.3 Å². The van der Waals surface area contributed by atoms with Gasteiger partial charge in [0.1, 0.15) is 35.2 Å². The zero-order valence-electron chi connectivity index (χ0n) is 36.4. The number of ether oxygens (including phenoxy) is 3. The number of nitrogens with two attached hydrogens (primary N) is 1. The lowest BCUT2D eigenvalue weighted by atomic mass is 9.77. The number of carbonyl (C=O) groups is 2. The molecule has 66 heavy (non-hydrogen) atoms. The average Bonchev–Trinajstić information content (AvgIpc) is 3.84. The van der Waals surface area contributed by atoms with Crippen molar-refractivity contribution in [2.24, 2.45) is 17.6 Å². The standard InChI is InChI=1S/C49H54N4O11S2/c1-27(7-8-28-9-10-29(17-19-51-2)35-6-4-3-5-34(28)35)37-23-53-25-49(60)45(61-26-66-65-24-38(37)31-18-20-52-22-31)42(56)44(47(58)59)64-48(49)62-33-15-16-36-39(21-33)63-43(46(50)57)40(41(36)55)30-11-13-32(54)14-12-30/h3-6,8-16,18,20-22,27,29,37-38,42,44-45,48,51-54,56,60H,7,17,19,23-26H2,1-2H3,(H2,50,57)(H,58,59)/b28-8+/t27-,29-,37-,38+,42+,44-,45-,48+,49+/m0/s1. The number of rotatable bonds is 12. The van der Waals surface area contributed by atoms with E-state index >= 15 is 0 Å². The fourth-order valence-corrected chi connectivity index (χ4v) is 11.4. The van der Waals surface area contributed by atoms with Gasteiger partial charge in [0.05, 0.1) is 10.9 Å². The van der Waals surface area contributed by atoms with Crippen LogP contribution < -0.4 is 26.5 Å². The van der Waals surface area contributed by atoms with Crippen molar-refractivity contribution in [1.29, 1.82) is 0 Å². The maximum Gasteiger partial charge on any atom is 0.335 e. The summed E-state index contributed by atoms with van der Waals surface area (Å²) in [6.07, 6.45) is 5.62. The summed E-state index contributed by atoms with van der Waals surface area (Å²) < 4.78 is 24.2. The maximum absolute atomic E-state index is 13.8. The smallest absolute Gasteiger partial charge is 0.335 e. The molecule has 2 aromatic heterocycles. The number of primary amides is 1. The van der Waals surface area contributed by atoms with E-state index in [0.717, 1.165) is 30.7 Å². The van der Waals surface area contributed by atoms with E-state index in [2.05, 4.69) is 71.1 Å². The largest absolute Gasteiger partial charge is 0.508 e. The van der Waals surface area contributed by atoms with Crippen molar-refractivity contribution in [2.45, 2.75) is 61.8 Å². The Hall–Kier alpha value is -5.37. The molecule has 5 aromatic rings. The molecule has 3 aromatic carbocycles. The van der Waals surface area contributed by atoms with Crippen LogP contribution in [0.1, 0.15) is 58.8 Å². The molecule has 9 atom stereocenters. The van der Waals surface area contributed by atoms with Crippen LogP contribution in [0.2, 0.25) is 0 Å². The van der Waals surface area contributed by atoms with Gasteiger partial charge in [-0.2, -0.15) is 0 Å². The number of aromatic hydroxyl groups is 1. The summed E-state index contributed by atoms with van der Waals surface area (Å²) in [6, 6.07) is 20.4. The molecule has 4 heterocycles. The lowest BCUT2D eigenvalue weighted by molar-refractivity contribution is -0.316. The summed E-state index contributed by atoms with van der Waals surface area (Å²) in [6.45, 7) is 3.30. The minimum absolute atomic E-state index is 0.0125. The van der Waals surface area contributed by atoms with Crippen LogP contribution in [0, 0.1) is 11.8 Å². The highest BCUT2D eigenvalue weighted by Gasteiger charge is 2.59. The number of aliphatic hydroxyl groups is 2. The first-order valence-corrected chi connectivity index (χ1v) is 24.3. The van der Waals surface area contributed by atoms with Gasteiger partial charge in [0.2, 0.25) is 17.5 Å². The number of carbonyl (C=O) groups excluding carboxylic acids is 1. The molecular formula is C49H54N4O11S2. The maximum atomic E-state index is 13.8. The number of phenolic OH excluding ortho intramolecular Hbond substituents is 1. The van der Waals surface area contributed by atoms with Crippen molar-refractivity contribution in [3.63, 3.8) is 0 Å². The Balaban J connectivity index is 1.10. The third-order valence-electron chi connectivity index (χ3n) is 12.8. The third-order valence-corrected chi connectivity index (χ3v) is 14.9. The Bertz CT molecular complexity index is 2640. The van der Waals surface area contributed by atoms with Crippen molar-refractivity contribution in [3.8, 4) is 22.6 Å². The highest BCUT2D eigenvalue weighted by Crippen LogP contribution is 2.42. The molecule has 348 valence electrons. The number of aliphatic hydroxyl groups excluding tert-OH is 1. The minimum Gasteiger partial charge on any atom is -0.508 e. The fraction of sp³-hybridized carbons (Fsp3) is 0.367. The number of phenols is 1. The molecule has 0 radical (unpaired) electrons. The van der Waals surface area contributed by atoms with Gasteiger partial charge in [-0.05, 0) is 109 Å². The molecule has 2 aliphatic heterocycles. The number of amides is 1. The molecule has 0 bridgehead atoms. The molecule has 3 aliphatic rings. The van der Waals surface area contributed by atoms with Gasteiger partial charge in [-0.15, -0.1) is 0 Å². The van der Waals surface area contributed by atoms with Crippen LogP contribution in [0.3, 0.4) is 0 Å². The number of nitrogens with one attached hydrogen (secondary N) is 3. The van der Waals surface area contributed by atoms with Crippen LogP contribution in [-0.4, -0.2) is 106 Å². The summed E-state index contributed by atoms with van der Waals surface area (Å²) in [5.74, 6) is -1.75. The molecule has 15 nitrogen and oxygen atoms in total. The SMILES string of the molecule is CNCC[C@@H]1C=C/C(=C\C[C@H](C)[C@@H]2CNC[C@]3(O)[C@H](Oc4ccc5c(=O)c(-c6ccc(O)cc6)c(C(N)=O)oc5c4)O[C@H](C(=O)O)[C@@H](O)[C@@H]3OCSSC[C@@H]2c2cc[nH]c2)c2ccccc21. The molecule has 9 N–H and O–H groups in total. The predicted molar refractivity (Wildman–Crippen MR) is 254 cm³/mol. The Labute approximate surface area is 389 Å². The molecule has 2 fully saturated rings. The second-order valence-corrected chi connectivity index (χ2v) is 19.5.